The largest absolute Gasteiger partial charge is 0.507 e. The number of carbonyl (C=O) groups excluding carboxylic acids is 3. The number of hydrogen-bond donors (Lipinski definition) is 4. The van der Waals surface area contributed by atoms with Crippen LogP contribution in [-0.4, -0.2) is 22.7 Å². The molecule has 0 aliphatic rings. The molecule has 0 aliphatic carbocycles. The summed E-state index contributed by atoms with van der Waals surface area (Å²) in [6.45, 7) is 3.70. The monoisotopic (exact) mass is 429 g/mol. The van der Waals surface area contributed by atoms with Crippen molar-refractivity contribution in [1.82, 2.24) is 10.9 Å². The second kappa shape index (κ2) is 10.1. The molecule has 0 aromatic heterocycles. The zero-order chi connectivity index (χ0) is 23.1. The summed E-state index contributed by atoms with van der Waals surface area (Å²) in [6, 6.07) is 21.4. The third-order valence-corrected chi connectivity index (χ3v) is 4.66. The topological polar surface area (TPSA) is 108 Å². The van der Waals surface area contributed by atoms with Gasteiger partial charge in [0.05, 0.1) is 11.3 Å². The lowest BCUT2D eigenvalue weighted by Gasteiger charge is -2.12. The maximum absolute atomic E-state index is 12.6. The average Bonchev–Trinajstić information content (AvgIpc) is 2.78. The van der Waals surface area contributed by atoms with E-state index in [1.165, 1.54) is 0 Å². The van der Waals surface area contributed by atoms with Crippen LogP contribution in [0.15, 0.2) is 78.9 Å². The number of rotatable bonds is 6. The van der Waals surface area contributed by atoms with Crippen molar-refractivity contribution in [2.24, 2.45) is 0 Å². The van der Waals surface area contributed by atoms with Gasteiger partial charge in [0.25, 0.3) is 5.91 Å². The number of anilines is 2. The number of ketones is 1. The molecule has 0 atom stereocenters. The van der Waals surface area contributed by atoms with Crippen LogP contribution in [0, 0.1) is 13.8 Å². The van der Waals surface area contributed by atoms with E-state index >= 15 is 0 Å². The molecule has 0 radical (unpaired) electrons. The Morgan fingerprint density at radius 1 is 0.812 bits per heavy atom. The van der Waals surface area contributed by atoms with Crippen LogP contribution >= 0.6 is 0 Å². The quantitative estimate of drug-likeness (QED) is 0.205. The molecule has 3 aromatic rings. The Bertz CT molecular complexity index is 1190. The Balaban J connectivity index is 1.65. The molecule has 0 aliphatic heterocycles. The molecule has 0 spiro atoms. The van der Waals surface area contributed by atoms with Crippen LogP contribution in [0.3, 0.4) is 0 Å². The van der Waals surface area contributed by atoms with Gasteiger partial charge in [-0.2, -0.15) is 0 Å². The fraction of sp³-hybridized carbons (Fsp3) is 0.0800. The fourth-order valence-electron chi connectivity index (χ4n) is 3.08. The summed E-state index contributed by atoms with van der Waals surface area (Å²) >= 11 is 0. The first-order valence-corrected chi connectivity index (χ1v) is 9.89. The predicted octanol–water partition coefficient (Wildman–Crippen LogP) is 3.98. The molecule has 162 valence electrons. The minimum absolute atomic E-state index is 0.276. The number of aryl methyl sites for hydroxylation is 2. The number of hydrazine groups is 1. The van der Waals surface area contributed by atoms with Gasteiger partial charge in [-0.3, -0.25) is 25.2 Å². The first-order chi connectivity index (χ1) is 15.3. The molecule has 0 unspecified atom stereocenters. The Hall–Kier alpha value is -4.39. The maximum Gasteiger partial charge on any atom is 0.310 e. The molecule has 7 nitrogen and oxygen atoms in total. The lowest BCUT2D eigenvalue weighted by atomic mass is 10.0. The van der Waals surface area contributed by atoms with Crippen LogP contribution in [0.4, 0.5) is 11.4 Å². The van der Waals surface area contributed by atoms with E-state index in [0.29, 0.717) is 11.3 Å². The highest BCUT2D eigenvalue weighted by Crippen LogP contribution is 2.20. The first kappa shape index (κ1) is 22.3. The molecule has 0 saturated heterocycles. The summed E-state index contributed by atoms with van der Waals surface area (Å²) in [5.74, 6) is -3.01. The second-order valence-corrected chi connectivity index (χ2v) is 7.16. The fourth-order valence-corrected chi connectivity index (χ4v) is 3.08. The number of aliphatic hydroxyl groups excluding tert-OH is 1. The Labute approximate surface area is 185 Å². The summed E-state index contributed by atoms with van der Waals surface area (Å²) in [6.07, 6.45) is 0.823. The molecular formula is C25H23N3O4. The van der Waals surface area contributed by atoms with Gasteiger partial charge < -0.3 is 10.4 Å². The average molecular weight is 429 g/mol. The maximum atomic E-state index is 12.6. The van der Waals surface area contributed by atoms with E-state index in [1.807, 2.05) is 43.3 Å². The molecule has 0 fully saturated rings. The molecular weight excluding hydrogens is 406 g/mol. The number of nitrogens with one attached hydrogen (secondary N) is 3. The standard InChI is InChI=1S/C25H23N3O4/c1-16-12-13-19(17(2)14-16)22(29)15-23(30)25(32)28-27-24(31)20-10-6-7-11-21(20)26-18-8-4-3-5-9-18/h3-15,26,29H,1-2H3,(H,27,31)(H,28,32)/b22-15-. The van der Waals surface area contributed by atoms with Crippen LogP contribution in [-0.2, 0) is 9.59 Å². The van der Waals surface area contributed by atoms with Gasteiger partial charge >= 0.3 is 5.91 Å². The highest BCUT2D eigenvalue weighted by atomic mass is 16.3. The number of aliphatic hydroxyl groups is 1. The number of carbonyl (C=O) groups is 3. The van der Waals surface area contributed by atoms with Crippen molar-refractivity contribution in [1.29, 1.82) is 0 Å². The van der Waals surface area contributed by atoms with E-state index < -0.39 is 17.6 Å². The molecule has 3 rings (SSSR count). The van der Waals surface area contributed by atoms with Crippen molar-refractivity contribution in [2.75, 3.05) is 5.32 Å². The van der Waals surface area contributed by atoms with Gasteiger partial charge in [0.2, 0.25) is 5.78 Å². The summed E-state index contributed by atoms with van der Waals surface area (Å²) < 4.78 is 0. The van der Waals surface area contributed by atoms with E-state index in [1.54, 1.807) is 43.3 Å². The highest BCUT2D eigenvalue weighted by molar-refractivity contribution is 6.41. The minimum atomic E-state index is -1.08. The molecule has 32 heavy (non-hydrogen) atoms. The Morgan fingerprint density at radius 3 is 2.22 bits per heavy atom. The molecule has 0 heterocycles. The van der Waals surface area contributed by atoms with Crippen molar-refractivity contribution in [3.8, 4) is 0 Å². The number of hydrogen-bond acceptors (Lipinski definition) is 5. The normalized spacial score (nSPS) is 10.9. The van der Waals surface area contributed by atoms with E-state index in [-0.39, 0.29) is 11.3 Å². The molecule has 3 aromatic carbocycles. The van der Waals surface area contributed by atoms with Crippen molar-refractivity contribution in [2.45, 2.75) is 13.8 Å². The lowest BCUT2D eigenvalue weighted by Crippen LogP contribution is -2.44. The Morgan fingerprint density at radius 2 is 1.50 bits per heavy atom. The highest BCUT2D eigenvalue weighted by Gasteiger charge is 2.17. The molecule has 0 saturated carbocycles. The van der Waals surface area contributed by atoms with E-state index in [2.05, 4.69) is 16.2 Å². The van der Waals surface area contributed by atoms with Gasteiger partial charge in [-0.1, -0.05) is 54.1 Å². The molecule has 4 N–H and O–H groups in total. The second-order valence-electron chi connectivity index (χ2n) is 7.16. The lowest BCUT2D eigenvalue weighted by molar-refractivity contribution is -0.135. The van der Waals surface area contributed by atoms with Gasteiger partial charge in [-0.25, -0.2) is 0 Å². The SMILES string of the molecule is Cc1ccc(/C(O)=C/C(=O)C(=O)NNC(=O)c2ccccc2Nc2ccccc2)c(C)c1. The third-order valence-electron chi connectivity index (χ3n) is 4.66. The number of amides is 2. The first-order valence-electron chi connectivity index (χ1n) is 9.89. The number of benzene rings is 3. The Kier molecular flexibility index (Phi) is 7.02. The van der Waals surface area contributed by atoms with Gasteiger partial charge in [0.1, 0.15) is 5.76 Å². The van der Waals surface area contributed by atoms with E-state index in [9.17, 15) is 19.5 Å². The van der Waals surface area contributed by atoms with Crippen LogP contribution < -0.4 is 16.2 Å². The molecule has 0 bridgehead atoms. The van der Waals surface area contributed by atoms with Crippen molar-refractivity contribution in [3.63, 3.8) is 0 Å². The van der Waals surface area contributed by atoms with Crippen molar-refractivity contribution in [3.05, 3.63) is 101 Å². The van der Waals surface area contributed by atoms with Gasteiger partial charge in [0, 0.05) is 17.3 Å². The minimum Gasteiger partial charge on any atom is -0.507 e. The number of para-hydroxylation sites is 2. The van der Waals surface area contributed by atoms with Crippen molar-refractivity contribution < 1.29 is 19.5 Å². The smallest absolute Gasteiger partial charge is 0.310 e. The van der Waals surface area contributed by atoms with E-state index in [4.69, 9.17) is 0 Å². The summed E-state index contributed by atoms with van der Waals surface area (Å²) in [5.41, 5.74) is 8.13. The van der Waals surface area contributed by atoms with Gasteiger partial charge in [-0.15, -0.1) is 0 Å². The molecule has 7 heteroatoms. The summed E-state index contributed by atoms with van der Waals surface area (Å²) in [4.78, 5) is 36.8. The van der Waals surface area contributed by atoms with E-state index in [0.717, 1.165) is 22.9 Å². The van der Waals surface area contributed by atoms with Crippen LogP contribution in [0.2, 0.25) is 0 Å². The predicted molar refractivity (Wildman–Crippen MR) is 123 cm³/mol. The molecule has 2 amide bonds. The van der Waals surface area contributed by atoms with Crippen LogP contribution in [0.5, 0.6) is 0 Å². The van der Waals surface area contributed by atoms with Crippen molar-refractivity contribution >= 4 is 34.7 Å². The van der Waals surface area contributed by atoms with Gasteiger partial charge in [-0.05, 0) is 43.7 Å². The van der Waals surface area contributed by atoms with Crippen LogP contribution in [0.1, 0.15) is 27.0 Å². The third kappa shape index (κ3) is 5.60. The zero-order valence-corrected chi connectivity index (χ0v) is 17.7. The van der Waals surface area contributed by atoms with Gasteiger partial charge in [0.15, 0.2) is 0 Å². The zero-order valence-electron chi connectivity index (χ0n) is 17.7. The summed E-state index contributed by atoms with van der Waals surface area (Å²) in [7, 11) is 0. The van der Waals surface area contributed by atoms with Crippen LogP contribution in [0.25, 0.3) is 5.76 Å². The summed E-state index contributed by atoms with van der Waals surface area (Å²) in [5, 5.41) is 13.3.